The van der Waals surface area contributed by atoms with Crippen molar-refractivity contribution in [1.82, 2.24) is 14.7 Å². The van der Waals surface area contributed by atoms with Crippen molar-refractivity contribution in [2.45, 2.75) is 11.8 Å². The SMILES string of the molecule is Cc1[nH]c(=O)ccc1S(=O)(=O)NC(=O)CN(C)c1nc2ccccc2s1. The van der Waals surface area contributed by atoms with E-state index in [1.54, 1.807) is 11.9 Å². The summed E-state index contributed by atoms with van der Waals surface area (Å²) in [6.07, 6.45) is 0. The van der Waals surface area contributed by atoms with Crippen molar-refractivity contribution in [3.63, 3.8) is 0 Å². The number of anilines is 1. The Bertz CT molecular complexity index is 1100. The topological polar surface area (TPSA) is 112 Å². The molecule has 8 nitrogen and oxygen atoms in total. The average molecular weight is 392 g/mol. The third-order valence-corrected chi connectivity index (χ3v) is 6.26. The van der Waals surface area contributed by atoms with Crippen molar-refractivity contribution in [2.75, 3.05) is 18.5 Å². The van der Waals surface area contributed by atoms with E-state index in [9.17, 15) is 18.0 Å². The molecule has 0 spiro atoms. The van der Waals surface area contributed by atoms with Gasteiger partial charge >= 0.3 is 0 Å². The van der Waals surface area contributed by atoms with Crippen molar-refractivity contribution in [3.05, 3.63) is 52.4 Å². The Balaban J connectivity index is 1.74. The molecule has 0 unspecified atom stereocenters. The number of sulfonamides is 1. The summed E-state index contributed by atoms with van der Waals surface area (Å²) in [4.78, 5) is 31.6. The Morgan fingerprint density at radius 3 is 2.69 bits per heavy atom. The van der Waals surface area contributed by atoms with Crippen molar-refractivity contribution in [1.29, 1.82) is 0 Å². The first-order chi connectivity index (χ1) is 12.3. The van der Waals surface area contributed by atoms with Crippen molar-refractivity contribution in [2.24, 2.45) is 0 Å². The number of fused-ring (bicyclic) bond motifs is 1. The van der Waals surface area contributed by atoms with Crippen LogP contribution in [0.25, 0.3) is 10.2 Å². The first kappa shape index (κ1) is 18.1. The number of rotatable bonds is 5. The molecule has 0 saturated carbocycles. The lowest BCUT2D eigenvalue weighted by Crippen LogP contribution is -2.39. The summed E-state index contributed by atoms with van der Waals surface area (Å²) in [6.45, 7) is 1.27. The molecule has 0 radical (unpaired) electrons. The first-order valence-electron chi connectivity index (χ1n) is 7.58. The minimum absolute atomic E-state index is 0.145. The minimum atomic E-state index is -4.07. The third kappa shape index (κ3) is 3.75. The molecule has 1 amide bonds. The molecule has 3 rings (SSSR count). The number of aromatic nitrogens is 2. The number of carbonyl (C=O) groups is 1. The van der Waals surface area contributed by atoms with Crippen LogP contribution < -0.4 is 15.2 Å². The van der Waals surface area contributed by atoms with Crippen molar-refractivity contribution < 1.29 is 13.2 Å². The molecule has 10 heteroatoms. The van der Waals surface area contributed by atoms with Gasteiger partial charge in [0, 0.05) is 18.8 Å². The van der Waals surface area contributed by atoms with Gasteiger partial charge in [-0.1, -0.05) is 23.5 Å². The highest BCUT2D eigenvalue weighted by atomic mass is 32.2. The second-order valence-corrected chi connectivity index (χ2v) is 8.32. The molecular formula is C16H16N4O4S2. The molecule has 1 aromatic carbocycles. The molecule has 0 aliphatic rings. The zero-order valence-electron chi connectivity index (χ0n) is 14.0. The number of nitrogens with zero attached hydrogens (tertiary/aromatic N) is 2. The fourth-order valence-corrected chi connectivity index (χ4v) is 4.50. The number of likely N-dealkylation sites (N-methyl/N-ethyl adjacent to an activating group) is 1. The standard InChI is InChI=1S/C16H16N4O4S2/c1-10-13(7-8-14(21)17-10)26(23,24)19-15(22)9-20(2)16-18-11-5-3-4-6-12(11)25-16/h3-8H,9H2,1-2H3,(H,17,21)(H,19,22). The molecular weight excluding hydrogens is 376 g/mol. The molecule has 3 aromatic rings. The monoisotopic (exact) mass is 392 g/mol. The van der Waals surface area contributed by atoms with Gasteiger partial charge in [-0.25, -0.2) is 18.1 Å². The average Bonchev–Trinajstić information content (AvgIpc) is 2.97. The molecule has 2 aromatic heterocycles. The fourth-order valence-electron chi connectivity index (χ4n) is 2.40. The van der Waals surface area contributed by atoms with Crippen LogP contribution in [-0.4, -0.2) is 37.9 Å². The van der Waals surface area contributed by atoms with Crippen LogP contribution in [0, 0.1) is 6.92 Å². The van der Waals surface area contributed by atoms with Gasteiger partial charge in [0.05, 0.1) is 16.8 Å². The van der Waals surface area contributed by atoms with E-state index >= 15 is 0 Å². The predicted molar refractivity (Wildman–Crippen MR) is 100 cm³/mol. The maximum absolute atomic E-state index is 12.3. The van der Waals surface area contributed by atoms with E-state index in [1.165, 1.54) is 24.3 Å². The van der Waals surface area contributed by atoms with Gasteiger partial charge in [0.25, 0.3) is 15.9 Å². The highest BCUT2D eigenvalue weighted by molar-refractivity contribution is 7.90. The van der Waals surface area contributed by atoms with E-state index in [0.29, 0.717) is 5.13 Å². The number of hydrogen-bond acceptors (Lipinski definition) is 7. The third-order valence-electron chi connectivity index (χ3n) is 3.59. The van der Waals surface area contributed by atoms with Gasteiger partial charge in [-0.15, -0.1) is 0 Å². The summed E-state index contributed by atoms with van der Waals surface area (Å²) in [7, 11) is -2.41. The van der Waals surface area contributed by atoms with E-state index in [-0.39, 0.29) is 17.1 Å². The Hall–Kier alpha value is -2.72. The number of carbonyl (C=O) groups excluding carboxylic acids is 1. The van der Waals surface area contributed by atoms with Gasteiger partial charge in [-0.2, -0.15) is 0 Å². The maximum atomic E-state index is 12.3. The molecule has 0 saturated heterocycles. The van der Waals surface area contributed by atoms with Crippen LogP contribution in [0.5, 0.6) is 0 Å². The number of benzene rings is 1. The van der Waals surface area contributed by atoms with Crippen LogP contribution in [0.2, 0.25) is 0 Å². The fraction of sp³-hybridized carbons (Fsp3) is 0.188. The Kier molecular flexibility index (Phi) is 4.79. The molecule has 26 heavy (non-hydrogen) atoms. The largest absolute Gasteiger partial charge is 0.342 e. The molecule has 0 aliphatic heterocycles. The number of nitrogens with one attached hydrogen (secondary N) is 2. The summed E-state index contributed by atoms with van der Waals surface area (Å²) in [5.41, 5.74) is 0.567. The number of thiazole rings is 1. The predicted octanol–water partition coefficient (Wildman–Crippen LogP) is 1.23. The Morgan fingerprint density at radius 2 is 2.00 bits per heavy atom. The van der Waals surface area contributed by atoms with Crippen LogP contribution in [-0.2, 0) is 14.8 Å². The molecule has 0 atom stereocenters. The highest BCUT2D eigenvalue weighted by Gasteiger charge is 2.21. The van der Waals surface area contributed by atoms with Gasteiger partial charge in [0.2, 0.25) is 5.56 Å². The molecule has 2 heterocycles. The van der Waals surface area contributed by atoms with Gasteiger partial charge in [0.1, 0.15) is 4.90 Å². The number of amides is 1. The number of para-hydroxylation sites is 1. The molecule has 0 aliphatic carbocycles. The van der Waals surface area contributed by atoms with Crippen LogP contribution in [0.3, 0.4) is 0 Å². The zero-order valence-corrected chi connectivity index (χ0v) is 15.6. The van der Waals surface area contributed by atoms with E-state index in [1.807, 2.05) is 29.0 Å². The maximum Gasteiger partial charge on any atom is 0.265 e. The van der Waals surface area contributed by atoms with E-state index < -0.39 is 21.5 Å². The second kappa shape index (κ2) is 6.89. The van der Waals surface area contributed by atoms with Crippen molar-refractivity contribution >= 4 is 42.6 Å². The molecule has 0 fully saturated rings. The molecule has 136 valence electrons. The zero-order chi connectivity index (χ0) is 18.9. The summed E-state index contributed by atoms with van der Waals surface area (Å²) >= 11 is 1.41. The minimum Gasteiger partial charge on any atom is -0.342 e. The van der Waals surface area contributed by atoms with Crippen LogP contribution in [0.1, 0.15) is 5.69 Å². The van der Waals surface area contributed by atoms with Crippen LogP contribution in [0.4, 0.5) is 5.13 Å². The first-order valence-corrected chi connectivity index (χ1v) is 9.88. The summed E-state index contributed by atoms with van der Waals surface area (Å²) in [5, 5.41) is 0.610. The summed E-state index contributed by atoms with van der Waals surface area (Å²) in [5.74, 6) is -0.697. The van der Waals surface area contributed by atoms with Crippen molar-refractivity contribution in [3.8, 4) is 0 Å². The lowest BCUT2D eigenvalue weighted by Gasteiger charge is -2.15. The lowest BCUT2D eigenvalue weighted by atomic mass is 10.3. The van der Waals surface area contributed by atoms with Gasteiger partial charge < -0.3 is 9.88 Å². The van der Waals surface area contributed by atoms with Crippen LogP contribution in [0.15, 0.2) is 46.1 Å². The van der Waals surface area contributed by atoms with Gasteiger partial charge in [0.15, 0.2) is 5.13 Å². The van der Waals surface area contributed by atoms with Gasteiger partial charge in [-0.3, -0.25) is 9.59 Å². The molecule has 2 N–H and O–H groups in total. The Labute approximate surface area is 153 Å². The number of aryl methyl sites for hydroxylation is 1. The van der Waals surface area contributed by atoms with E-state index in [0.717, 1.165) is 16.3 Å². The Morgan fingerprint density at radius 1 is 1.27 bits per heavy atom. The quantitative estimate of drug-likeness (QED) is 0.675. The second-order valence-electron chi connectivity index (χ2n) is 5.66. The smallest absolute Gasteiger partial charge is 0.265 e. The van der Waals surface area contributed by atoms with Gasteiger partial charge in [-0.05, 0) is 25.1 Å². The highest BCUT2D eigenvalue weighted by Crippen LogP contribution is 2.27. The number of hydrogen-bond donors (Lipinski definition) is 2. The van der Waals surface area contributed by atoms with Crippen LogP contribution >= 0.6 is 11.3 Å². The summed E-state index contributed by atoms with van der Waals surface area (Å²) < 4.78 is 27.7. The molecule has 0 bridgehead atoms. The number of H-pyrrole nitrogens is 1. The van der Waals surface area contributed by atoms with E-state index in [2.05, 4.69) is 9.97 Å². The van der Waals surface area contributed by atoms with E-state index in [4.69, 9.17) is 0 Å². The lowest BCUT2D eigenvalue weighted by molar-refractivity contribution is -0.118. The normalized spacial score (nSPS) is 11.5. The number of pyridine rings is 1. The number of aromatic amines is 1. The summed E-state index contributed by atoms with van der Waals surface area (Å²) in [6, 6.07) is 9.83.